The highest BCUT2D eigenvalue weighted by molar-refractivity contribution is 7.80. The van der Waals surface area contributed by atoms with E-state index in [9.17, 15) is 0 Å². The Morgan fingerprint density at radius 3 is 2.36 bits per heavy atom. The summed E-state index contributed by atoms with van der Waals surface area (Å²) in [6.45, 7) is 7.28. The minimum Gasteiger partial charge on any atom is -0.329 e. The fourth-order valence-electron chi connectivity index (χ4n) is 3.60. The van der Waals surface area contributed by atoms with Gasteiger partial charge in [-0.15, -0.1) is 0 Å². The van der Waals surface area contributed by atoms with Gasteiger partial charge < -0.3 is 10.6 Å². The summed E-state index contributed by atoms with van der Waals surface area (Å²) in [5.41, 5.74) is 6.08. The molecule has 0 aliphatic carbocycles. The predicted octanol–water partition coefficient (Wildman–Crippen LogP) is 6.22. The third-order valence-corrected chi connectivity index (χ3v) is 6.38. The number of thiocarbonyl (C=S) groups is 1. The van der Waals surface area contributed by atoms with Crippen LogP contribution in [0.2, 0.25) is 10.0 Å². The monoisotopic (exact) mass is 498 g/mol. The van der Waals surface area contributed by atoms with Gasteiger partial charge in [0.05, 0.1) is 30.2 Å². The van der Waals surface area contributed by atoms with Gasteiger partial charge in [0.25, 0.3) is 0 Å². The summed E-state index contributed by atoms with van der Waals surface area (Å²) in [6, 6.07) is 15.6. The molecular formula is C24H24Cl2N6S. The maximum atomic E-state index is 6.27. The molecule has 4 aromatic rings. The third-order valence-electron chi connectivity index (χ3n) is 5.47. The first-order valence-electron chi connectivity index (χ1n) is 10.4. The molecule has 9 heteroatoms. The molecule has 0 unspecified atom stereocenters. The van der Waals surface area contributed by atoms with Crippen LogP contribution in [0.15, 0.2) is 54.7 Å². The lowest BCUT2D eigenvalue weighted by Gasteiger charge is -2.11. The van der Waals surface area contributed by atoms with Crippen molar-refractivity contribution in [2.75, 3.05) is 10.6 Å². The molecular weight excluding hydrogens is 475 g/mol. The number of hydrogen-bond acceptors (Lipinski definition) is 3. The molecule has 0 saturated carbocycles. The van der Waals surface area contributed by atoms with Crippen LogP contribution in [0.4, 0.5) is 11.5 Å². The Bertz CT molecular complexity index is 1290. The van der Waals surface area contributed by atoms with Crippen LogP contribution < -0.4 is 10.6 Å². The van der Waals surface area contributed by atoms with Gasteiger partial charge in [-0.3, -0.25) is 9.36 Å². The topological polar surface area (TPSA) is 59.7 Å². The van der Waals surface area contributed by atoms with Crippen LogP contribution in [-0.2, 0) is 13.1 Å². The van der Waals surface area contributed by atoms with Gasteiger partial charge in [-0.25, -0.2) is 0 Å². The summed E-state index contributed by atoms with van der Waals surface area (Å²) in [7, 11) is 0. The van der Waals surface area contributed by atoms with E-state index in [0.29, 0.717) is 34.1 Å². The highest BCUT2D eigenvalue weighted by Gasteiger charge is 2.14. The predicted molar refractivity (Wildman–Crippen MR) is 140 cm³/mol. The lowest BCUT2D eigenvalue weighted by Crippen LogP contribution is -2.20. The number of hydrogen-bond donors (Lipinski definition) is 2. The quantitative estimate of drug-likeness (QED) is 0.309. The van der Waals surface area contributed by atoms with E-state index in [-0.39, 0.29) is 0 Å². The van der Waals surface area contributed by atoms with Crippen LogP contribution in [-0.4, -0.2) is 24.7 Å². The Morgan fingerprint density at radius 2 is 1.64 bits per heavy atom. The Morgan fingerprint density at radius 1 is 0.909 bits per heavy atom. The first-order valence-corrected chi connectivity index (χ1v) is 11.6. The average Bonchev–Trinajstić information content (AvgIpc) is 3.31. The van der Waals surface area contributed by atoms with E-state index < -0.39 is 0 Å². The molecule has 2 N–H and O–H groups in total. The van der Waals surface area contributed by atoms with Crippen LogP contribution in [0.1, 0.15) is 28.1 Å². The first-order chi connectivity index (χ1) is 15.8. The van der Waals surface area contributed by atoms with Crippen LogP contribution in [0, 0.1) is 20.8 Å². The largest absolute Gasteiger partial charge is 0.329 e. The van der Waals surface area contributed by atoms with Crippen molar-refractivity contribution in [3.63, 3.8) is 0 Å². The fourth-order valence-corrected chi connectivity index (χ4v) is 4.33. The molecule has 6 nitrogen and oxygen atoms in total. The molecule has 4 rings (SSSR count). The maximum Gasteiger partial charge on any atom is 0.176 e. The molecule has 0 saturated heterocycles. The van der Waals surface area contributed by atoms with Crippen LogP contribution >= 0.6 is 35.4 Å². The van der Waals surface area contributed by atoms with E-state index in [1.54, 1.807) is 4.68 Å². The molecule has 0 fully saturated rings. The third kappa shape index (κ3) is 5.38. The van der Waals surface area contributed by atoms with Crippen LogP contribution in [0.25, 0.3) is 0 Å². The second kappa shape index (κ2) is 9.95. The first kappa shape index (κ1) is 23.3. The molecule has 2 aromatic heterocycles. The van der Waals surface area contributed by atoms with Gasteiger partial charge >= 0.3 is 0 Å². The number of anilines is 2. The standard InChI is InChI=1S/C24H24Cl2N6S/c1-15-7-4-5-8-18(15)13-32-17(3)23(16(2)29-32)28-24(33)27-22-11-12-31(30-22)14-19-20(25)9-6-10-21(19)26/h4-12H,13-14H2,1-3H3,(H2,27,28,30,33). The van der Waals surface area contributed by atoms with E-state index >= 15 is 0 Å². The number of nitrogens with one attached hydrogen (secondary N) is 2. The zero-order valence-electron chi connectivity index (χ0n) is 18.6. The van der Waals surface area contributed by atoms with Crippen molar-refractivity contribution in [2.24, 2.45) is 0 Å². The van der Waals surface area contributed by atoms with E-state index in [1.165, 1.54) is 11.1 Å². The van der Waals surface area contributed by atoms with Gasteiger partial charge in [-0.1, -0.05) is 53.5 Å². The summed E-state index contributed by atoms with van der Waals surface area (Å²) in [5, 5.41) is 17.3. The molecule has 170 valence electrons. The zero-order chi connectivity index (χ0) is 23.5. The van der Waals surface area contributed by atoms with E-state index in [1.807, 2.05) is 61.1 Å². The maximum absolute atomic E-state index is 6.27. The number of aromatic nitrogens is 4. The summed E-state index contributed by atoms with van der Waals surface area (Å²) in [6.07, 6.45) is 1.85. The van der Waals surface area contributed by atoms with Crippen LogP contribution in [0.5, 0.6) is 0 Å². The van der Waals surface area contributed by atoms with Crippen LogP contribution in [0.3, 0.4) is 0 Å². The summed E-state index contributed by atoms with van der Waals surface area (Å²) in [5.74, 6) is 0.623. The van der Waals surface area contributed by atoms with Gasteiger partial charge in [0.2, 0.25) is 0 Å². The van der Waals surface area contributed by atoms with Gasteiger partial charge in [0, 0.05) is 27.9 Å². The SMILES string of the molecule is Cc1ccccc1Cn1nc(C)c(NC(=S)Nc2ccn(Cc3c(Cl)cccc3Cl)n2)c1C. The Labute approximate surface area is 208 Å². The van der Waals surface area contributed by atoms with Crippen molar-refractivity contribution in [3.05, 3.63) is 92.9 Å². The lowest BCUT2D eigenvalue weighted by molar-refractivity contribution is 0.657. The van der Waals surface area contributed by atoms with Gasteiger partial charge in [-0.2, -0.15) is 10.2 Å². The van der Waals surface area contributed by atoms with Crippen molar-refractivity contribution in [1.29, 1.82) is 0 Å². The van der Waals surface area contributed by atoms with E-state index in [4.69, 9.17) is 40.5 Å². The number of benzene rings is 2. The summed E-state index contributed by atoms with van der Waals surface area (Å²) < 4.78 is 3.75. The Hall–Kier alpha value is -2.87. The molecule has 2 aromatic carbocycles. The molecule has 0 aliphatic heterocycles. The van der Waals surface area contributed by atoms with Crippen molar-refractivity contribution >= 4 is 52.0 Å². The highest BCUT2D eigenvalue weighted by atomic mass is 35.5. The molecule has 0 spiro atoms. The molecule has 0 bridgehead atoms. The van der Waals surface area contributed by atoms with Crippen molar-refractivity contribution in [3.8, 4) is 0 Å². The average molecular weight is 499 g/mol. The second-order valence-corrected chi connectivity index (χ2v) is 9.03. The molecule has 0 atom stereocenters. The molecule has 2 heterocycles. The number of rotatable bonds is 6. The normalized spacial score (nSPS) is 10.9. The fraction of sp³-hybridized carbons (Fsp3) is 0.208. The van der Waals surface area contributed by atoms with Gasteiger partial charge in [0.15, 0.2) is 10.9 Å². The van der Waals surface area contributed by atoms with Crippen molar-refractivity contribution in [2.45, 2.75) is 33.9 Å². The minimum absolute atomic E-state index is 0.442. The molecule has 0 radical (unpaired) electrons. The number of nitrogens with zero attached hydrogens (tertiary/aromatic N) is 4. The Kier molecular flexibility index (Phi) is 7.02. The highest BCUT2D eigenvalue weighted by Crippen LogP contribution is 2.25. The minimum atomic E-state index is 0.442. The van der Waals surface area contributed by atoms with Crippen molar-refractivity contribution in [1.82, 2.24) is 19.6 Å². The zero-order valence-corrected chi connectivity index (χ0v) is 20.9. The van der Waals surface area contributed by atoms with Gasteiger partial charge in [0.1, 0.15) is 0 Å². The van der Waals surface area contributed by atoms with E-state index in [0.717, 1.165) is 22.6 Å². The summed E-state index contributed by atoms with van der Waals surface area (Å²) >= 11 is 18.1. The smallest absolute Gasteiger partial charge is 0.176 e. The van der Waals surface area contributed by atoms with E-state index in [2.05, 4.69) is 34.8 Å². The second-order valence-electron chi connectivity index (χ2n) is 7.81. The van der Waals surface area contributed by atoms with Crippen molar-refractivity contribution < 1.29 is 0 Å². The summed E-state index contributed by atoms with van der Waals surface area (Å²) in [4.78, 5) is 0. The molecule has 0 aliphatic rings. The number of aryl methyl sites for hydroxylation is 2. The molecule has 0 amide bonds. The Balaban J connectivity index is 1.42. The van der Waals surface area contributed by atoms with Gasteiger partial charge in [-0.05, 0) is 56.2 Å². The number of halogens is 2. The lowest BCUT2D eigenvalue weighted by atomic mass is 10.1. The molecule has 33 heavy (non-hydrogen) atoms.